The van der Waals surface area contributed by atoms with Crippen molar-refractivity contribution in [3.63, 3.8) is 0 Å². The topological polar surface area (TPSA) is 54.9 Å². The molecule has 0 saturated carbocycles. The highest BCUT2D eigenvalue weighted by Gasteiger charge is 2.18. The molecule has 0 aliphatic heterocycles. The molecule has 0 radical (unpaired) electrons. The summed E-state index contributed by atoms with van der Waals surface area (Å²) < 4.78 is 0. The van der Waals surface area contributed by atoms with Gasteiger partial charge < -0.3 is 5.32 Å². The summed E-state index contributed by atoms with van der Waals surface area (Å²) in [6.45, 7) is 12.2. The molecule has 0 fully saturated rings. The van der Waals surface area contributed by atoms with Gasteiger partial charge in [-0.1, -0.05) is 45.9 Å². The Kier molecular flexibility index (Phi) is 5.14. The highest BCUT2D eigenvalue weighted by molar-refractivity contribution is 6.05. The van der Waals surface area contributed by atoms with E-state index in [1.807, 2.05) is 13.8 Å². The molecule has 23 heavy (non-hydrogen) atoms. The van der Waals surface area contributed by atoms with Crippen LogP contribution in [0.15, 0.2) is 24.4 Å². The first kappa shape index (κ1) is 17.1. The van der Waals surface area contributed by atoms with E-state index in [-0.39, 0.29) is 5.91 Å². The van der Waals surface area contributed by atoms with Gasteiger partial charge in [-0.2, -0.15) is 0 Å². The Morgan fingerprint density at radius 1 is 1.04 bits per heavy atom. The molecule has 0 bridgehead atoms. The number of nitrogens with zero attached hydrogens (tertiary/aromatic N) is 2. The summed E-state index contributed by atoms with van der Waals surface area (Å²) in [7, 11) is 0. The highest BCUT2D eigenvalue weighted by atomic mass is 16.1. The number of carbonyl (C=O) groups excluding carboxylic acids is 1. The van der Waals surface area contributed by atoms with Crippen LogP contribution in [-0.4, -0.2) is 15.9 Å². The fraction of sp³-hybridized carbons (Fsp3) is 0.421. The fourth-order valence-corrected chi connectivity index (χ4v) is 2.68. The molecule has 1 aromatic heterocycles. The molecule has 0 aliphatic carbocycles. The largest absolute Gasteiger partial charge is 0.321 e. The lowest BCUT2D eigenvalue weighted by atomic mass is 9.92. The van der Waals surface area contributed by atoms with E-state index < -0.39 is 0 Å². The van der Waals surface area contributed by atoms with Crippen molar-refractivity contribution < 1.29 is 4.79 Å². The van der Waals surface area contributed by atoms with Crippen molar-refractivity contribution in [3.05, 3.63) is 52.6 Å². The quantitative estimate of drug-likeness (QED) is 0.898. The normalized spacial score (nSPS) is 11.1. The van der Waals surface area contributed by atoms with Crippen molar-refractivity contribution in [2.24, 2.45) is 0 Å². The molecule has 0 spiro atoms. The maximum absolute atomic E-state index is 12.7. The van der Waals surface area contributed by atoms with Gasteiger partial charge in [-0.05, 0) is 36.8 Å². The van der Waals surface area contributed by atoms with Gasteiger partial charge in [0.15, 0.2) is 0 Å². The minimum absolute atomic E-state index is 0.155. The van der Waals surface area contributed by atoms with Gasteiger partial charge in [-0.15, -0.1) is 0 Å². The standard InChI is InChI=1S/C19H25N3O/c1-11(2)15-8-7-9-16(12(3)4)18(15)22-19(23)17-10-20-14(6)21-13(17)5/h7-12H,1-6H3,(H,22,23). The molecule has 4 nitrogen and oxygen atoms in total. The van der Waals surface area contributed by atoms with E-state index in [9.17, 15) is 4.79 Å². The second-order valence-electron chi connectivity index (χ2n) is 6.49. The van der Waals surface area contributed by atoms with Crippen molar-refractivity contribution in [3.8, 4) is 0 Å². The number of amides is 1. The zero-order valence-corrected chi connectivity index (χ0v) is 14.8. The molecule has 1 aromatic carbocycles. The average molecular weight is 311 g/mol. The summed E-state index contributed by atoms with van der Waals surface area (Å²) in [5.41, 5.74) is 4.43. The van der Waals surface area contributed by atoms with E-state index in [0.29, 0.717) is 28.9 Å². The predicted molar refractivity (Wildman–Crippen MR) is 94.1 cm³/mol. The SMILES string of the molecule is Cc1ncc(C(=O)Nc2c(C(C)C)cccc2C(C)C)c(C)n1. The van der Waals surface area contributed by atoms with Crippen LogP contribution in [0.5, 0.6) is 0 Å². The van der Waals surface area contributed by atoms with Crippen molar-refractivity contribution in [2.45, 2.75) is 53.4 Å². The summed E-state index contributed by atoms with van der Waals surface area (Å²) in [6.07, 6.45) is 1.60. The van der Waals surface area contributed by atoms with E-state index in [0.717, 1.165) is 16.8 Å². The van der Waals surface area contributed by atoms with Crippen LogP contribution in [0.3, 0.4) is 0 Å². The van der Waals surface area contributed by atoms with Crippen LogP contribution in [0.25, 0.3) is 0 Å². The van der Waals surface area contributed by atoms with Crippen molar-refractivity contribution in [1.29, 1.82) is 0 Å². The molecule has 0 saturated heterocycles. The number of hydrogen-bond donors (Lipinski definition) is 1. The molecule has 0 aliphatic rings. The van der Waals surface area contributed by atoms with E-state index in [1.54, 1.807) is 6.20 Å². The van der Waals surface area contributed by atoms with Gasteiger partial charge in [0.2, 0.25) is 0 Å². The minimum Gasteiger partial charge on any atom is -0.321 e. The molecular formula is C19H25N3O. The third-order valence-corrected chi connectivity index (χ3v) is 3.96. The molecule has 1 amide bonds. The first-order chi connectivity index (χ1) is 10.8. The summed E-state index contributed by atoms with van der Waals surface area (Å²) in [6, 6.07) is 6.20. The number of carbonyl (C=O) groups is 1. The van der Waals surface area contributed by atoms with Gasteiger partial charge in [-0.25, -0.2) is 9.97 Å². The number of rotatable bonds is 4. The molecule has 122 valence electrons. The van der Waals surface area contributed by atoms with Crippen LogP contribution in [0.2, 0.25) is 0 Å². The van der Waals surface area contributed by atoms with Crippen LogP contribution >= 0.6 is 0 Å². The summed E-state index contributed by atoms with van der Waals surface area (Å²) in [4.78, 5) is 21.1. The molecule has 1 N–H and O–H groups in total. The molecule has 2 aromatic rings. The van der Waals surface area contributed by atoms with Gasteiger partial charge in [0.1, 0.15) is 5.82 Å². The highest BCUT2D eigenvalue weighted by Crippen LogP contribution is 2.32. The molecule has 1 heterocycles. The van der Waals surface area contributed by atoms with Gasteiger partial charge in [0.05, 0.1) is 11.3 Å². The first-order valence-corrected chi connectivity index (χ1v) is 8.05. The Bertz CT molecular complexity index is 694. The number of anilines is 1. The van der Waals surface area contributed by atoms with Crippen LogP contribution in [0, 0.1) is 13.8 Å². The Hall–Kier alpha value is -2.23. The number of para-hydroxylation sites is 1. The maximum atomic E-state index is 12.7. The number of aryl methyl sites for hydroxylation is 2. The van der Waals surface area contributed by atoms with Crippen LogP contribution < -0.4 is 5.32 Å². The second-order valence-corrected chi connectivity index (χ2v) is 6.49. The lowest BCUT2D eigenvalue weighted by Crippen LogP contribution is -2.18. The van der Waals surface area contributed by atoms with E-state index in [2.05, 4.69) is 61.2 Å². The summed E-state index contributed by atoms with van der Waals surface area (Å²) >= 11 is 0. The Morgan fingerprint density at radius 2 is 1.61 bits per heavy atom. The molecule has 4 heteroatoms. The van der Waals surface area contributed by atoms with Crippen LogP contribution in [0.1, 0.15) is 72.5 Å². The van der Waals surface area contributed by atoms with Gasteiger partial charge in [0.25, 0.3) is 5.91 Å². The summed E-state index contributed by atoms with van der Waals surface area (Å²) in [5.74, 6) is 1.18. The van der Waals surface area contributed by atoms with Crippen LogP contribution in [0.4, 0.5) is 5.69 Å². The monoisotopic (exact) mass is 311 g/mol. The number of aromatic nitrogens is 2. The van der Waals surface area contributed by atoms with E-state index in [4.69, 9.17) is 0 Å². The molecule has 0 atom stereocenters. The van der Waals surface area contributed by atoms with Gasteiger partial charge >= 0.3 is 0 Å². The average Bonchev–Trinajstić information content (AvgIpc) is 2.46. The Balaban J connectivity index is 2.44. The lowest BCUT2D eigenvalue weighted by Gasteiger charge is -2.20. The third-order valence-electron chi connectivity index (χ3n) is 3.96. The van der Waals surface area contributed by atoms with Gasteiger partial charge in [0, 0.05) is 11.9 Å². The Labute approximate surface area is 138 Å². The van der Waals surface area contributed by atoms with Crippen molar-refractivity contribution in [1.82, 2.24) is 9.97 Å². The predicted octanol–water partition coefficient (Wildman–Crippen LogP) is 4.59. The first-order valence-electron chi connectivity index (χ1n) is 8.05. The smallest absolute Gasteiger partial charge is 0.259 e. The molecular weight excluding hydrogens is 286 g/mol. The minimum atomic E-state index is -0.155. The van der Waals surface area contributed by atoms with Gasteiger partial charge in [-0.3, -0.25) is 4.79 Å². The number of nitrogens with one attached hydrogen (secondary N) is 1. The number of hydrogen-bond acceptors (Lipinski definition) is 3. The molecule has 0 unspecified atom stereocenters. The van der Waals surface area contributed by atoms with Crippen LogP contribution in [-0.2, 0) is 0 Å². The maximum Gasteiger partial charge on any atom is 0.259 e. The summed E-state index contributed by atoms with van der Waals surface area (Å²) in [5, 5.41) is 3.10. The fourth-order valence-electron chi connectivity index (χ4n) is 2.68. The molecule has 2 rings (SSSR count). The second kappa shape index (κ2) is 6.90. The van der Waals surface area contributed by atoms with E-state index in [1.165, 1.54) is 0 Å². The van der Waals surface area contributed by atoms with E-state index >= 15 is 0 Å². The third kappa shape index (κ3) is 3.76. The Morgan fingerprint density at radius 3 is 2.09 bits per heavy atom. The van der Waals surface area contributed by atoms with Crippen molar-refractivity contribution in [2.75, 3.05) is 5.32 Å². The van der Waals surface area contributed by atoms with Crippen molar-refractivity contribution >= 4 is 11.6 Å². The zero-order valence-electron chi connectivity index (χ0n) is 14.8. The number of benzene rings is 1. The lowest BCUT2D eigenvalue weighted by molar-refractivity contribution is 0.102. The zero-order chi connectivity index (χ0) is 17.1.